The number of hydrogen-bond acceptors (Lipinski definition) is 3. The zero-order chi connectivity index (χ0) is 19.4. The van der Waals surface area contributed by atoms with Crippen molar-refractivity contribution >= 4 is 29.1 Å². The number of rotatable bonds is 4. The van der Waals surface area contributed by atoms with Crippen LogP contribution in [0.25, 0.3) is 0 Å². The Morgan fingerprint density at radius 1 is 1.15 bits per heavy atom. The summed E-state index contributed by atoms with van der Waals surface area (Å²) in [5.74, 6) is -0.288. The van der Waals surface area contributed by atoms with Crippen LogP contribution in [0.1, 0.15) is 38.8 Å². The minimum absolute atomic E-state index is 0.288. The molecule has 0 bridgehead atoms. The van der Waals surface area contributed by atoms with E-state index < -0.39 is 6.04 Å². The second-order valence-electron chi connectivity index (χ2n) is 5.97. The molecule has 0 saturated carbocycles. The van der Waals surface area contributed by atoms with Crippen molar-refractivity contribution < 1.29 is 4.79 Å². The topological polar surface area (TPSA) is 65.8 Å². The first kappa shape index (κ1) is 18.9. The molecular weight excluding hydrogens is 381 g/mol. The summed E-state index contributed by atoms with van der Waals surface area (Å²) in [6.45, 7) is 1.79. The lowest BCUT2D eigenvalue weighted by atomic mass is 10.0. The molecule has 0 unspecified atom stereocenters. The number of carbonyl (C=O) groups excluding carboxylic acids is 1. The molecule has 6 heteroatoms. The summed E-state index contributed by atoms with van der Waals surface area (Å²) in [6.07, 6.45) is 1.63. The number of aryl methyl sites for hydroxylation is 1. The van der Waals surface area contributed by atoms with Gasteiger partial charge >= 0.3 is 0 Å². The zero-order valence-electron chi connectivity index (χ0n) is 14.4. The number of nitrogens with zero attached hydrogens (tertiary/aromatic N) is 2. The SMILES string of the molecule is Cc1cc(C(=O)N[C@@H](c2ccc(Cl)cc2)c2ncccc2Cl)ccc1C#N. The fourth-order valence-electron chi connectivity index (χ4n) is 2.72. The molecule has 1 amide bonds. The van der Waals surface area contributed by atoms with E-state index in [9.17, 15) is 4.79 Å². The van der Waals surface area contributed by atoms with Gasteiger partial charge in [-0.2, -0.15) is 5.26 Å². The lowest BCUT2D eigenvalue weighted by molar-refractivity contribution is 0.0942. The van der Waals surface area contributed by atoms with Crippen molar-refractivity contribution in [2.24, 2.45) is 0 Å². The molecule has 1 aromatic heterocycles. The average molecular weight is 396 g/mol. The van der Waals surface area contributed by atoms with Gasteiger partial charge in [0.1, 0.15) is 0 Å². The molecule has 0 aliphatic rings. The largest absolute Gasteiger partial charge is 0.339 e. The Morgan fingerprint density at radius 3 is 2.52 bits per heavy atom. The standard InChI is InChI=1S/C21H15Cl2N3O/c1-13-11-15(4-5-16(13)12-24)21(27)26-19(14-6-8-17(22)9-7-14)20-18(23)3-2-10-25-20/h2-11,19H,1H3,(H,26,27)/t19-/m0/s1. The van der Waals surface area contributed by atoms with Crippen molar-refractivity contribution in [3.63, 3.8) is 0 Å². The van der Waals surface area contributed by atoms with Crippen LogP contribution in [0.4, 0.5) is 0 Å². The fourth-order valence-corrected chi connectivity index (χ4v) is 3.08. The quantitative estimate of drug-likeness (QED) is 0.668. The smallest absolute Gasteiger partial charge is 0.252 e. The second kappa shape index (κ2) is 8.22. The normalized spacial score (nSPS) is 11.5. The molecule has 0 spiro atoms. The Bertz CT molecular complexity index is 1030. The Kier molecular flexibility index (Phi) is 5.75. The Balaban J connectivity index is 1.97. The lowest BCUT2D eigenvalue weighted by Gasteiger charge is -2.20. The summed E-state index contributed by atoms with van der Waals surface area (Å²) in [5, 5.41) is 13.1. The van der Waals surface area contributed by atoms with Crippen molar-refractivity contribution in [1.29, 1.82) is 5.26 Å². The van der Waals surface area contributed by atoms with Crippen molar-refractivity contribution in [2.75, 3.05) is 0 Å². The van der Waals surface area contributed by atoms with Crippen LogP contribution in [-0.2, 0) is 0 Å². The molecule has 3 aromatic rings. The van der Waals surface area contributed by atoms with Gasteiger partial charge in [-0.15, -0.1) is 0 Å². The average Bonchev–Trinajstić information content (AvgIpc) is 2.67. The van der Waals surface area contributed by atoms with Crippen LogP contribution >= 0.6 is 23.2 Å². The number of carbonyl (C=O) groups is 1. The zero-order valence-corrected chi connectivity index (χ0v) is 15.9. The van der Waals surface area contributed by atoms with Gasteiger partial charge in [0.2, 0.25) is 0 Å². The van der Waals surface area contributed by atoms with Gasteiger partial charge in [0.05, 0.1) is 28.4 Å². The van der Waals surface area contributed by atoms with Gasteiger partial charge < -0.3 is 5.32 Å². The summed E-state index contributed by atoms with van der Waals surface area (Å²) in [7, 11) is 0. The Morgan fingerprint density at radius 2 is 1.89 bits per heavy atom. The summed E-state index contributed by atoms with van der Waals surface area (Å²) < 4.78 is 0. The van der Waals surface area contributed by atoms with E-state index in [2.05, 4.69) is 16.4 Å². The third kappa shape index (κ3) is 4.28. The summed E-state index contributed by atoms with van der Waals surface area (Å²) in [5.41, 5.74) is 3.08. The monoisotopic (exact) mass is 395 g/mol. The van der Waals surface area contributed by atoms with E-state index >= 15 is 0 Å². The van der Waals surface area contributed by atoms with E-state index in [1.165, 1.54) is 0 Å². The molecule has 4 nitrogen and oxygen atoms in total. The molecule has 1 N–H and O–H groups in total. The van der Waals surface area contributed by atoms with Gasteiger partial charge in [-0.25, -0.2) is 0 Å². The van der Waals surface area contributed by atoms with Crippen LogP contribution < -0.4 is 5.32 Å². The van der Waals surface area contributed by atoms with Crippen molar-refractivity contribution in [3.8, 4) is 6.07 Å². The van der Waals surface area contributed by atoms with E-state index in [1.807, 2.05) is 12.1 Å². The summed E-state index contributed by atoms with van der Waals surface area (Å²) in [6, 6.07) is 17.1. The molecule has 1 atom stereocenters. The van der Waals surface area contributed by atoms with Crippen LogP contribution in [0.3, 0.4) is 0 Å². The van der Waals surface area contributed by atoms with Crippen molar-refractivity contribution in [3.05, 3.63) is 98.8 Å². The Labute approximate surface area is 167 Å². The fraction of sp³-hybridized carbons (Fsp3) is 0.0952. The summed E-state index contributed by atoms with van der Waals surface area (Å²) in [4.78, 5) is 17.2. The molecule has 3 rings (SSSR count). The van der Waals surface area contributed by atoms with Crippen LogP contribution in [0.15, 0.2) is 60.8 Å². The number of pyridine rings is 1. The van der Waals surface area contributed by atoms with Crippen LogP contribution in [0.2, 0.25) is 10.0 Å². The van der Waals surface area contributed by atoms with E-state index in [0.29, 0.717) is 26.9 Å². The minimum atomic E-state index is -0.542. The predicted molar refractivity (Wildman–Crippen MR) is 106 cm³/mol. The number of nitriles is 1. The summed E-state index contributed by atoms with van der Waals surface area (Å²) >= 11 is 12.3. The molecule has 27 heavy (non-hydrogen) atoms. The second-order valence-corrected chi connectivity index (χ2v) is 6.81. The van der Waals surface area contributed by atoms with Gasteiger partial charge in [-0.1, -0.05) is 35.3 Å². The molecule has 0 fully saturated rings. The van der Waals surface area contributed by atoms with E-state index in [-0.39, 0.29) is 5.91 Å². The van der Waals surface area contributed by atoms with E-state index in [1.54, 1.807) is 55.6 Å². The van der Waals surface area contributed by atoms with E-state index in [0.717, 1.165) is 11.1 Å². The first-order valence-corrected chi connectivity index (χ1v) is 8.92. The van der Waals surface area contributed by atoms with Crippen molar-refractivity contribution in [1.82, 2.24) is 10.3 Å². The van der Waals surface area contributed by atoms with Gasteiger partial charge in [0, 0.05) is 16.8 Å². The van der Waals surface area contributed by atoms with E-state index in [4.69, 9.17) is 28.5 Å². The first-order chi connectivity index (χ1) is 13.0. The maximum Gasteiger partial charge on any atom is 0.252 e. The maximum atomic E-state index is 12.8. The molecule has 0 aliphatic heterocycles. The highest BCUT2D eigenvalue weighted by Crippen LogP contribution is 2.27. The highest BCUT2D eigenvalue weighted by atomic mass is 35.5. The van der Waals surface area contributed by atoms with Crippen LogP contribution in [0, 0.1) is 18.3 Å². The molecule has 1 heterocycles. The van der Waals surface area contributed by atoms with Gasteiger partial charge in [0.15, 0.2) is 0 Å². The van der Waals surface area contributed by atoms with Gasteiger partial charge in [-0.05, 0) is 60.5 Å². The maximum absolute atomic E-state index is 12.8. The highest BCUT2D eigenvalue weighted by Gasteiger charge is 2.21. The highest BCUT2D eigenvalue weighted by molar-refractivity contribution is 6.31. The number of aromatic nitrogens is 1. The lowest BCUT2D eigenvalue weighted by Crippen LogP contribution is -2.30. The molecule has 0 aliphatic carbocycles. The molecule has 134 valence electrons. The predicted octanol–water partition coefficient (Wildman–Crippen LogP) is 5.09. The Hall–Kier alpha value is -2.87. The number of hydrogen-bond donors (Lipinski definition) is 1. The van der Waals surface area contributed by atoms with Crippen LogP contribution in [0.5, 0.6) is 0 Å². The van der Waals surface area contributed by atoms with Crippen molar-refractivity contribution in [2.45, 2.75) is 13.0 Å². The third-order valence-corrected chi connectivity index (χ3v) is 4.72. The van der Waals surface area contributed by atoms with Crippen LogP contribution in [-0.4, -0.2) is 10.9 Å². The number of benzene rings is 2. The third-order valence-electron chi connectivity index (χ3n) is 4.15. The first-order valence-electron chi connectivity index (χ1n) is 8.17. The van der Waals surface area contributed by atoms with Gasteiger partial charge in [0.25, 0.3) is 5.91 Å². The number of nitrogens with one attached hydrogen (secondary N) is 1. The van der Waals surface area contributed by atoms with Gasteiger partial charge in [-0.3, -0.25) is 9.78 Å². The minimum Gasteiger partial charge on any atom is -0.339 e. The molecule has 2 aromatic carbocycles. The molecule has 0 radical (unpaired) electrons. The molecular formula is C21H15Cl2N3O. The number of amides is 1. The molecule has 0 saturated heterocycles. The number of halogens is 2.